The summed E-state index contributed by atoms with van der Waals surface area (Å²) in [6.45, 7) is 1.25. The largest absolute Gasteiger partial charge is 0.573 e. The number of hydrogen-bond donors (Lipinski definition) is 1. The minimum atomic E-state index is -5.04. The van der Waals surface area contributed by atoms with Gasteiger partial charge in [-0.3, -0.25) is 14.6 Å². The van der Waals surface area contributed by atoms with Crippen LogP contribution < -0.4 is 19.5 Å². The highest BCUT2D eigenvalue weighted by Gasteiger charge is 2.32. The van der Waals surface area contributed by atoms with E-state index in [4.69, 9.17) is 4.74 Å². The maximum atomic E-state index is 12.9. The number of rotatable bonds is 7. The fourth-order valence-electron chi connectivity index (χ4n) is 2.71. The normalized spacial score (nSPS) is 11.5. The van der Waals surface area contributed by atoms with Crippen molar-refractivity contribution < 1.29 is 50.1 Å². The van der Waals surface area contributed by atoms with Gasteiger partial charge in [-0.15, -0.1) is 26.3 Å². The molecule has 0 saturated carbocycles. The molecule has 0 radical (unpaired) electrons. The summed E-state index contributed by atoms with van der Waals surface area (Å²) in [4.78, 5) is 28.2. The van der Waals surface area contributed by atoms with E-state index in [1.165, 1.54) is 25.3 Å². The molecule has 0 bridgehead atoms. The van der Waals surface area contributed by atoms with Crippen LogP contribution in [-0.2, 0) is 0 Å². The molecule has 1 aromatic heterocycles. The van der Waals surface area contributed by atoms with Crippen molar-refractivity contribution in [1.29, 1.82) is 0 Å². The van der Waals surface area contributed by atoms with Gasteiger partial charge in [-0.2, -0.15) is 0 Å². The van der Waals surface area contributed by atoms with E-state index < -0.39 is 35.7 Å². The molecule has 0 aliphatic carbocycles. The number of carbonyl (C=O) groups excluding carboxylic acids is 2. The van der Waals surface area contributed by atoms with Gasteiger partial charge in [0.25, 0.3) is 5.91 Å². The second kappa shape index (κ2) is 9.91. The number of benzene rings is 2. The molecule has 0 aliphatic heterocycles. The predicted octanol–water partition coefficient (Wildman–Crippen LogP) is 6.13. The van der Waals surface area contributed by atoms with Crippen LogP contribution >= 0.6 is 0 Å². The molecule has 7 nitrogen and oxygen atoms in total. The van der Waals surface area contributed by atoms with E-state index in [1.54, 1.807) is 0 Å². The zero-order valence-corrected chi connectivity index (χ0v) is 17.5. The van der Waals surface area contributed by atoms with Crippen molar-refractivity contribution in [3.8, 4) is 23.0 Å². The average Bonchev–Trinajstić information content (AvgIpc) is 2.74. The lowest BCUT2D eigenvalue weighted by molar-refractivity contribution is -0.275. The number of carbonyl (C=O) groups is 2. The van der Waals surface area contributed by atoms with E-state index in [0.717, 1.165) is 42.5 Å². The minimum absolute atomic E-state index is 0.0367. The Morgan fingerprint density at radius 1 is 0.800 bits per heavy atom. The van der Waals surface area contributed by atoms with Gasteiger partial charge in [-0.25, -0.2) is 0 Å². The van der Waals surface area contributed by atoms with Crippen LogP contribution in [0.2, 0.25) is 0 Å². The van der Waals surface area contributed by atoms with E-state index in [9.17, 15) is 35.9 Å². The van der Waals surface area contributed by atoms with Crippen molar-refractivity contribution in [2.45, 2.75) is 19.6 Å². The molecule has 0 aliphatic rings. The number of aromatic nitrogens is 1. The molecular weight excluding hydrogens is 486 g/mol. The predicted molar refractivity (Wildman–Crippen MR) is 109 cm³/mol. The maximum absolute atomic E-state index is 12.9. The number of halogens is 6. The van der Waals surface area contributed by atoms with Crippen LogP contribution in [0.1, 0.15) is 27.8 Å². The number of amides is 1. The number of alkyl halides is 6. The Balaban J connectivity index is 1.90. The molecule has 1 heterocycles. The molecule has 3 rings (SSSR count). The zero-order chi connectivity index (χ0) is 25.8. The molecule has 0 spiro atoms. The van der Waals surface area contributed by atoms with Gasteiger partial charge in [-0.05, 0) is 54.6 Å². The van der Waals surface area contributed by atoms with Crippen molar-refractivity contribution in [3.63, 3.8) is 0 Å². The Kier molecular flexibility index (Phi) is 7.17. The third-order valence-corrected chi connectivity index (χ3v) is 4.09. The number of nitrogens with zero attached hydrogens (tertiary/aromatic N) is 1. The van der Waals surface area contributed by atoms with Gasteiger partial charge < -0.3 is 19.5 Å². The first-order valence-electron chi connectivity index (χ1n) is 9.51. The summed E-state index contributed by atoms with van der Waals surface area (Å²) in [5.41, 5.74) is -0.241. The van der Waals surface area contributed by atoms with Gasteiger partial charge in [0.2, 0.25) is 0 Å². The monoisotopic (exact) mass is 500 g/mol. The summed E-state index contributed by atoms with van der Waals surface area (Å²) in [5.74, 6) is -2.84. The van der Waals surface area contributed by atoms with Crippen molar-refractivity contribution in [1.82, 2.24) is 4.98 Å². The van der Waals surface area contributed by atoms with E-state index in [2.05, 4.69) is 19.8 Å². The fraction of sp³-hybridized carbons (Fsp3) is 0.136. The van der Waals surface area contributed by atoms with Crippen molar-refractivity contribution in [2.75, 3.05) is 5.32 Å². The number of ketones is 1. The molecule has 0 fully saturated rings. The average molecular weight is 500 g/mol. The minimum Gasteiger partial charge on any atom is -0.457 e. The smallest absolute Gasteiger partial charge is 0.457 e. The summed E-state index contributed by atoms with van der Waals surface area (Å²) in [6.07, 6.45) is -8.69. The van der Waals surface area contributed by atoms with Crippen molar-refractivity contribution in [2.24, 2.45) is 0 Å². The summed E-state index contributed by atoms with van der Waals surface area (Å²) in [5, 5.41) is 2.41. The molecule has 1 N–H and O–H groups in total. The number of pyridine rings is 1. The molecule has 35 heavy (non-hydrogen) atoms. The van der Waals surface area contributed by atoms with Gasteiger partial charge in [0.05, 0.1) is 5.56 Å². The van der Waals surface area contributed by atoms with Gasteiger partial charge in [-0.1, -0.05) is 0 Å². The lowest BCUT2D eigenvalue weighted by atomic mass is 10.1. The Labute approximate surface area is 193 Å². The third-order valence-electron chi connectivity index (χ3n) is 4.09. The van der Waals surface area contributed by atoms with E-state index >= 15 is 0 Å². The van der Waals surface area contributed by atoms with Crippen LogP contribution in [0.25, 0.3) is 0 Å². The molecule has 3 aromatic rings. The summed E-state index contributed by atoms with van der Waals surface area (Å²) >= 11 is 0. The summed E-state index contributed by atoms with van der Waals surface area (Å²) < 4.78 is 88.0. The molecule has 13 heteroatoms. The lowest BCUT2D eigenvalue weighted by Gasteiger charge is -2.15. The van der Waals surface area contributed by atoms with Gasteiger partial charge >= 0.3 is 12.7 Å². The Hall–Kier alpha value is -4.29. The molecule has 1 amide bonds. The number of ether oxygens (including phenoxy) is 3. The molecular formula is C22H14F6N2O5. The molecule has 0 unspecified atom stereocenters. The number of Topliss-reactive ketones (excluding diaryl/α,β-unsaturated/α-hetero) is 1. The Morgan fingerprint density at radius 2 is 1.37 bits per heavy atom. The lowest BCUT2D eigenvalue weighted by Crippen LogP contribution is -2.18. The first-order valence-corrected chi connectivity index (χ1v) is 9.51. The molecule has 0 saturated heterocycles. The summed E-state index contributed by atoms with van der Waals surface area (Å²) in [7, 11) is 0. The number of hydrogen-bond acceptors (Lipinski definition) is 6. The first-order chi connectivity index (χ1) is 16.3. The van der Waals surface area contributed by atoms with Crippen molar-refractivity contribution in [3.05, 3.63) is 72.1 Å². The highest BCUT2D eigenvalue weighted by atomic mass is 19.4. The van der Waals surface area contributed by atoms with Crippen LogP contribution in [0.5, 0.6) is 23.0 Å². The van der Waals surface area contributed by atoms with Gasteiger partial charge in [0.15, 0.2) is 5.78 Å². The number of anilines is 1. The van der Waals surface area contributed by atoms with Crippen LogP contribution in [0.3, 0.4) is 0 Å². The van der Waals surface area contributed by atoms with E-state index in [-0.39, 0.29) is 28.7 Å². The maximum Gasteiger partial charge on any atom is 0.573 e. The molecule has 0 atom stereocenters. The van der Waals surface area contributed by atoms with Gasteiger partial charge in [0, 0.05) is 18.8 Å². The van der Waals surface area contributed by atoms with Gasteiger partial charge in [0.1, 0.15) is 28.7 Å². The standard InChI is InChI=1S/C22H14F6N2O5/c1-12(31)18-10-13(8-9-29-18)30-20(32)17-11-16(35-22(26,27)28)6-7-19(17)33-14-2-4-15(5-3-14)34-21(23,24)25/h2-11H,1H3,(H,29,30,32). The fourth-order valence-corrected chi connectivity index (χ4v) is 2.71. The first kappa shape index (κ1) is 25.3. The molecule has 184 valence electrons. The van der Waals surface area contributed by atoms with E-state index in [0.29, 0.717) is 0 Å². The SMILES string of the molecule is CC(=O)c1cc(NC(=O)c2cc(OC(F)(F)F)ccc2Oc2ccc(OC(F)(F)F)cc2)ccn1. The quantitative estimate of drug-likeness (QED) is 0.311. The van der Waals surface area contributed by atoms with Crippen LogP contribution in [-0.4, -0.2) is 29.4 Å². The summed E-state index contributed by atoms with van der Waals surface area (Å²) in [6, 6.07) is 9.39. The van der Waals surface area contributed by atoms with Crippen LogP contribution in [0.15, 0.2) is 60.8 Å². The topological polar surface area (TPSA) is 86.8 Å². The highest BCUT2D eigenvalue weighted by Crippen LogP contribution is 2.33. The second-order valence-electron chi connectivity index (χ2n) is 6.77. The zero-order valence-electron chi connectivity index (χ0n) is 17.5. The van der Waals surface area contributed by atoms with Crippen molar-refractivity contribution >= 4 is 17.4 Å². The third kappa shape index (κ3) is 7.62. The Bertz CT molecular complexity index is 1230. The Morgan fingerprint density at radius 3 is 1.97 bits per heavy atom. The highest BCUT2D eigenvalue weighted by molar-refractivity contribution is 6.07. The molecule has 2 aromatic carbocycles. The van der Waals surface area contributed by atoms with Crippen LogP contribution in [0, 0.1) is 0 Å². The second-order valence-corrected chi connectivity index (χ2v) is 6.77. The number of nitrogens with one attached hydrogen (secondary N) is 1. The van der Waals surface area contributed by atoms with Crippen LogP contribution in [0.4, 0.5) is 32.0 Å². The van der Waals surface area contributed by atoms with E-state index in [1.807, 2.05) is 0 Å².